The van der Waals surface area contributed by atoms with Gasteiger partial charge in [0.25, 0.3) is 0 Å². The molecule has 2 aromatic heterocycles. The second-order valence-corrected chi connectivity index (χ2v) is 6.94. The average molecular weight is 366 g/mol. The minimum atomic E-state index is -0.399. The molecular weight excluding hydrogens is 344 g/mol. The van der Waals surface area contributed by atoms with E-state index in [1.807, 2.05) is 35.4 Å². The number of nitrogens with two attached hydrogens (primary N) is 1. The van der Waals surface area contributed by atoms with Crippen LogP contribution in [0.3, 0.4) is 0 Å². The molecule has 2 N–H and O–H groups in total. The number of fused-ring (bicyclic) bond motifs is 1. The number of hydrogen-bond acceptors (Lipinski definition) is 4. The highest BCUT2D eigenvalue weighted by Crippen LogP contribution is 2.26. The number of primary amides is 1. The highest BCUT2D eigenvalue weighted by atomic mass is 16.2. The molecule has 0 aliphatic carbocycles. The van der Waals surface area contributed by atoms with Crippen LogP contribution in [0, 0.1) is 0 Å². The molecule has 0 radical (unpaired) electrons. The molecular formula is C19H22N6O2. The third kappa shape index (κ3) is 3.69. The summed E-state index contributed by atoms with van der Waals surface area (Å²) in [4.78, 5) is 30.3. The summed E-state index contributed by atoms with van der Waals surface area (Å²) in [6, 6.07) is 7.81. The van der Waals surface area contributed by atoms with Gasteiger partial charge in [0, 0.05) is 43.0 Å². The van der Waals surface area contributed by atoms with Crippen molar-refractivity contribution in [3.05, 3.63) is 48.7 Å². The molecule has 0 unspecified atom stereocenters. The first-order valence-electron chi connectivity index (χ1n) is 9.09. The number of hydrogen-bond donors (Lipinski definition) is 1. The lowest BCUT2D eigenvalue weighted by Gasteiger charge is -2.32. The van der Waals surface area contributed by atoms with E-state index in [2.05, 4.69) is 10.1 Å². The zero-order valence-corrected chi connectivity index (χ0v) is 15.0. The van der Waals surface area contributed by atoms with E-state index < -0.39 is 5.91 Å². The summed E-state index contributed by atoms with van der Waals surface area (Å²) in [5.74, 6) is 0.564. The Morgan fingerprint density at radius 2 is 2.07 bits per heavy atom. The number of aromatic nitrogens is 4. The summed E-state index contributed by atoms with van der Waals surface area (Å²) < 4.78 is 3.48. The van der Waals surface area contributed by atoms with Crippen molar-refractivity contribution in [1.82, 2.24) is 24.2 Å². The first-order chi connectivity index (χ1) is 13.1. The van der Waals surface area contributed by atoms with Gasteiger partial charge in [0.1, 0.15) is 18.9 Å². The minimum absolute atomic E-state index is 0.0421. The first-order valence-corrected chi connectivity index (χ1v) is 9.09. The van der Waals surface area contributed by atoms with E-state index in [9.17, 15) is 9.59 Å². The normalized spacial score (nSPS) is 17.3. The standard InChI is InChI=1S/C19H22N6O2/c20-17(26)12-24-9-7-21-19(24)15-5-3-8-23(10-15)18(27)13-25-11-14-4-1-2-6-16(14)22-25/h1-2,4,6-7,9,11,15H,3,5,8,10,12-13H2,(H2,20,26)/t15-/m0/s1. The number of benzene rings is 1. The molecule has 1 saturated heterocycles. The van der Waals surface area contributed by atoms with Crippen LogP contribution in [-0.2, 0) is 22.7 Å². The molecule has 140 valence electrons. The van der Waals surface area contributed by atoms with Gasteiger partial charge in [0.2, 0.25) is 11.8 Å². The Morgan fingerprint density at radius 3 is 2.89 bits per heavy atom. The first kappa shape index (κ1) is 17.3. The molecule has 1 atom stereocenters. The monoisotopic (exact) mass is 366 g/mol. The quantitative estimate of drug-likeness (QED) is 0.731. The van der Waals surface area contributed by atoms with Crippen LogP contribution in [0.1, 0.15) is 24.6 Å². The molecule has 1 aromatic carbocycles. The fourth-order valence-electron chi connectivity index (χ4n) is 3.73. The maximum absolute atomic E-state index is 12.8. The van der Waals surface area contributed by atoms with E-state index in [1.54, 1.807) is 21.6 Å². The Kier molecular flexibility index (Phi) is 4.62. The van der Waals surface area contributed by atoms with Crippen molar-refractivity contribution < 1.29 is 9.59 Å². The Morgan fingerprint density at radius 1 is 1.22 bits per heavy atom. The van der Waals surface area contributed by atoms with Gasteiger partial charge in [-0.05, 0) is 18.9 Å². The summed E-state index contributed by atoms with van der Waals surface area (Å²) in [6.45, 7) is 1.65. The van der Waals surface area contributed by atoms with E-state index >= 15 is 0 Å². The summed E-state index contributed by atoms with van der Waals surface area (Å²) in [5, 5.41) is 5.49. The average Bonchev–Trinajstić information content (AvgIpc) is 3.27. The van der Waals surface area contributed by atoms with Crippen molar-refractivity contribution in [3.63, 3.8) is 0 Å². The second kappa shape index (κ2) is 7.22. The zero-order valence-electron chi connectivity index (χ0n) is 15.0. The van der Waals surface area contributed by atoms with Gasteiger partial charge in [-0.25, -0.2) is 4.98 Å². The highest BCUT2D eigenvalue weighted by molar-refractivity contribution is 5.80. The molecule has 1 aliphatic heterocycles. The molecule has 1 aliphatic rings. The SMILES string of the molecule is NC(=O)Cn1ccnc1[C@H]1CCCN(C(=O)Cn2cc3ccccc3n2)C1. The number of likely N-dealkylation sites (tertiary alicyclic amines) is 1. The van der Waals surface area contributed by atoms with Crippen molar-refractivity contribution in [2.24, 2.45) is 5.73 Å². The van der Waals surface area contributed by atoms with Crippen LogP contribution in [0.25, 0.3) is 10.9 Å². The van der Waals surface area contributed by atoms with Gasteiger partial charge in [-0.1, -0.05) is 18.2 Å². The van der Waals surface area contributed by atoms with Gasteiger partial charge in [0.05, 0.1) is 5.52 Å². The molecule has 0 spiro atoms. The largest absolute Gasteiger partial charge is 0.368 e. The molecule has 27 heavy (non-hydrogen) atoms. The van der Waals surface area contributed by atoms with Gasteiger partial charge >= 0.3 is 0 Å². The highest BCUT2D eigenvalue weighted by Gasteiger charge is 2.27. The van der Waals surface area contributed by atoms with Crippen LogP contribution < -0.4 is 5.73 Å². The van der Waals surface area contributed by atoms with Gasteiger partial charge in [0.15, 0.2) is 0 Å². The molecule has 8 nitrogen and oxygen atoms in total. The third-order valence-corrected chi connectivity index (χ3v) is 4.97. The number of carbonyl (C=O) groups is 2. The van der Waals surface area contributed by atoms with Gasteiger partial charge in [-0.15, -0.1) is 0 Å². The van der Waals surface area contributed by atoms with E-state index in [-0.39, 0.29) is 24.9 Å². The van der Waals surface area contributed by atoms with Crippen LogP contribution in [0.2, 0.25) is 0 Å². The summed E-state index contributed by atoms with van der Waals surface area (Å²) in [5.41, 5.74) is 6.20. The molecule has 0 bridgehead atoms. The molecule has 3 heterocycles. The lowest BCUT2D eigenvalue weighted by atomic mass is 9.97. The Balaban J connectivity index is 1.45. The number of nitrogens with zero attached hydrogens (tertiary/aromatic N) is 5. The van der Waals surface area contributed by atoms with Crippen LogP contribution >= 0.6 is 0 Å². The topological polar surface area (TPSA) is 99.0 Å². The molecule has 2 amide bonds. The number of rotatable bonds is 5. The lowest BCUT2D eigenvalue weighted by Crippen LogP contribution is -2.41. The van der Waals surface area contributed by atoms with Crippen molar-refractivity contribution in [3.8, 4) is 0 Å². The second-order valence-electron chi connectivity index (χ2n) is 6.94. The Hall–Kier alpha value is -3.16. The van der Waals surface area contributed by atoms with E-state index in [4.69, 9.17) is 5.73 Å². The van der Waals surface area contributed by atoms with Gasteiger partial charge < -0.3 is 15.2 Å². The summed E-state index contributed by atoms with van der Waals surface area (Å²) >= 11 is 0. The molecule has 8 heteroatoms. The maximum atomic E-state index is 12.8. The molecule has 4 rings (SSSR count). The summed E-state index contributed by atoms with van der Waals surface area (Å²) in [7, 11) is 0. The third-order valence-electron chi connectivity index (χ3n) is 4.97. The number of piperidine rings is 1. The van der Waals surface area contributed by atoms with Gasteiger partial charge in [-0.2, -0.15) is 5.10 Å². The molecule has 3 aromatic rings. The fraction of sp³-hybridized carbons (Fsp3) is 0.368. The zero-order chi connectivity index (χ0) is 18.8. The molecule has 0 saturated carbocycles. The summed E-state index contributed by atoms with van der Waals surface area (Å²) in [6.07, 6.45) is 7.17. The minimum Gasteiger partial charge on any atom is -0.368 e. The predicted octanol–water partition coefficient (Wildman–Crippen LogP) is 1.12. The number of imidazole rings is 1. The maximum Gasteiger partial charge on any atom is 0.244 e. The van der Waals surface area contributed by atoms with Crippen molar-refractivity contribution >= 4 is 22.7 Å². The Bertz CT molecular complexity index is 942. The van der Waals surface area contributed by atoms with Crippen molar-refractivity contribution in [2.75, 3.05) is 13.1 Å². The predicted molar refractivity (Wildman–Crippen MR) is 99.7 cm³/mol. The number of carbonyl (C=O) groups excluding carboxylic acids is 2. The van der Waals surface area contributed by atoms with Crippen LogP contribution in [0.4, 0.5) is 0 Å². The van der Waals surface area contributed by atoms with Crippen molar-refractivity contribution in [1.29, 1.82) is 0 Å². The van der Waals surface area contributed by atoms with Crippen LogP contribution in [-0.4, -0.2) is 49.1 Å². The smallest absolute Gasteiger partial charge is 0.244 e. The lowest BCUT2D eigenvalue weighted by molar-refractivity contribution is -0.133. The number of amides is 2. The fourth-order valence-corrected chi connectivity index (χ4v) is 3.73. The van der Waals surface area contributed by atoms with Crippen LogP contribution in [0.5, 0.6) is 0 Å². The Labute approximate surface area is 156 Å². The van der Waals surface area contributed by atoms with E-state index in [0.717, 1.165) is 36.1 Å². The molecule has 1 fully saturated rings. The van der Waals surface area contributed by atoms with Crippen molar-refractivity contribution in [2.45, 2.75) is 31.8 Å². The van der Waals surface area contributed by atoms with E-state index in [1.165, 1.54) is 0 Å². The van der Waals surface area contributed by atoms with Gasteiger partial charge in [-0.3, -0.25) is 14.3 Å². The van der Waals surface area contributed by atoms with E-state index in [0.29, 0.717) is 6.54 Å². The van der Waals surface area contributed by atoms with Crippen LogP contribution in [0.15, 0.2) is 42.9 Å².